The van der Waals surface area contributed by atoms with Gasteiger partial charge in [-0.2, -0.15) is 30.0 Å². The SMILES string of the molecule is CCN1/C(=C/C=C/C=C/C2=[N+](CCCCCC(=O)NCC(N=[N+]=[N-])OC3C[C@H](Nc4ncnc(N)c4N)O[C@@H]3COP(=O)(O)OP(=O)(O)OP(=O)(O)O)c3ccc(S(=O)(=O)O)cc3C2(C)C)C(C)(C)c2cc(S(=O)(=O)O)ccc21. The molecule has 4 heterocycles. The molecule has 432 valence electrons. The number of carbonyl (C=O) groups excluding carboxylic acids is 1. The molecule has 0 saturated carbocycles. The Balaban J connectivity index is 1.10. The highest BCUT2D eigenvalue weighted by molar-refractivity contribution is 7.86. The van der Waals surface area contributed by atoms with Crippen molar-refractivity contribution in [3.63, 3.8) is 0 Å². The number of ether oxygens (including phenoxy) is 2. The Morgan fingerprint density at radius 3 is 2.27 bits per heavy atom. The molecule has 0 aliphatic carbocycles. The Bertz CT molecular complexity index is 3390. The van der Waals surface area contributed by atoms with Crippen molar-refractivity contribution in [1.82, 2.24) is 15.3 Å². The molecule has 2 aromatic carbocycles. The van der Waals surface area contributed by atoms with Gasteiger partial charge in [-0.15, -0.1) is 0 Å². The van der Waals surface area contributed by atoms with Crippen LogP contribution >= 0.6 is 23.5 Å². The van der Waals surface area contributed by atoms with E-state index in [1.165, 1.54) is 24.3 Å². The summed E-state index contributed by atoms with van der Waals surface area (Å²) >= 11 is 0. The van der Waals surface area contributed by atoms with Crippen molar-refractivity contribution in [3.8, 4) is 0 Å². The van der Waals surface area contributed by atoms with E-state index >= 15 is 0 Å². The number of hydrogen-bond acceptors (Lipinski definition) is 20. The average Bonchev–Trinajstić information content (AvgIpc) is 4.15. The number of nitrogen functional groups attached to an aromatic ring is 2. The second-order valence-electron chi connectivity index (χ2n) is 19.0. The summed E-state index contributed by atoms with van der Waals surface area (Å²) in [5.41, 5.74) is 24.3. The van der Waals surface area contributed by atoms with E-state index in [1.807, 2.05) is 69.6 Å². The van der Waals surface area contributed by atoms with E-state index in [4.69, 9.17) is 35.3 Å². The fourth-order valence-electron chi connectivity index (χ4n) is 9.21. The number of nitrogens with one attached hydrogen (secondary N) is 2. The first-order valence-corrected chi connectivity index (χ1v) is 31.3. The molecule has 1 saturated heterocycles. The van der Waals surface area contributed by atoms with Crippen LogP contribution in [0.1, 0.15) is 77.8 Å². The average molecular weight is 1210 g/mol. The van der Waals surface area contributed by atoms with Crippen LogP contribution in [-0.2, 0) is 72.2 Å². The number of rotatable bonds is 26. The molecule has 4 unspecified atom stereocenters. The van der Waals surface area contributed by atoms with Gasteiger partial charge in [0, 0.05) is 71.8 Å². The third-order valence-electron chi connectivity index (χ3n) is 12.9. The molecule has 0 radical (unpaired) electrons. The van der Waals surface area contributed by atoms with Crippen LogP contribution in [0.2, 0.25) is 0 Å². The lowest BCUT2D eigenvalue weighted by atomic mass is 9.81. The maximum atomic E-state index is 13.1. The first-order chi connectivity index (χ1) is 36.7. The van der Waals surface area contributed by atoms with E-state index in [1.54, 1.807) is 12.1 Å². The number of fused-ring (bicyclic) bond motifs is 2. The molecule has 1 amide bonds. The number of aromatic nitrogens is 2. The molecule has 3 aromatic rings. The van der Waals surface area contributed by atoms with Crippen molar-refractivity contribution in [2.45, 2.75) is 112 Å². The Morgan fingerprint density at radius 2 is 1.62 bits per heavy atom. The van der Waals surface area contributed by atoms with Gasteiger partial charge < -0.3 is 56.0 Å². The zero-order chi connectivity index (χ0) is 58.5. The molecule has 1 fully saturated rings. The first kappa shape index (κ1) is 62.7. The summed E-state index contributed by atoms with van der Waals surface area (Å²) in [4.78, 5) is 62.7. The monoisotopic (exact) mass is 1200 g/mol. The molecule has 0 spiro atoms. The highest BCUT2D eigenvalue weighted by Gasteiger charge is 2.46. The number of azide groups is 1. The summed E-state index contributed by atoms with van der Waals surface area (Å²) in [6.07, 6.45) is 6.70. The first-order valence-electron chi connectivity index (χ1n) is 23.9. The minimum absolute atomic E-state index is 0.00535. The lowest BCUT2D eigenvalue weighted by Gasteiger charge is -2.25. The van der Waals surface area contributed by atoms with E-state index in [9.17, 15) is 59.7 Å². The van der Waals surface area contributed by atoms with Gasteiger partial charge in [-0.05, 0) is 81.1 Å². The number of phosphoric acid groups is 3. The number of phosphoric ester groups is 1. The molecule has 30 nitrogen and oxygen atoms in total. The molecule has 3 aliphatic rings. The van der Waals surface area contributed by atoms with E-state index in [-0.39, 0.29) is 46.5 Å². The Kier molecular flexibility index (Phi) is 19.6. The van der Waals surface area contributed by atoms with Crippen molar-refractivity contribution >= 4 is 84.0 Å². The lowest BCUT2D eigenvalue weighted by Crippen LogP contribution is -2.38. The minimum atomic E-state index is -5.87. The second kappa shape index (κ2) is 24.7. The molecular formula is C44H61N11O19P3S2+. The Morgan fingerprint density at radius 1 is 0.949 bits per heavy atom. The minimum Gasteiger partial charge on any atom is -0.393 e. The number of hydrogen-bond donors (Lipinski definition) is 10. The number of nitrogens with two attached hydrogens (primary N) is 2. The number of benzene rings is 2. The highest BCUT2D eigenvalue weighted by Crippen LogP contribution is 2.66. The fourth-order valence-corrected chi connectivity index (χ4v) is 13.3. The van der Waals surface area contributed by atoms with Gasteiger partial charge in [-0.25, -0.2) is 23.7 Å². The molecule has 0 bridgehead atoms. The number of unbranched alkanes of at least 4 members (excludes halogenated alkanes) is 2. The van der Waals surface area contributed by atoms with Crippen molar-refractivity contribution in [1.29, 1.82) is 0 Å². The van der Waals surface area contributed by atoms with E-state index in [2.05, 4.69) is 44.1 Å². The third-order valence-corrected chi connectivity index (χ3v) is 18.4. The number of allylic oxidation sites excluding steroid dienone is 6. The molecule has 79 heavy (non-hydrogen) atoms. The van der Waals surface area contributed by atoms with Gasteiger partial charge in [0.1, 0.15) is 30.9 Å². The van der Waals surface area contributed by atoms with Crippen LogP contribution in [-0.4, -0.2) is 123 Å². The molecule has 35 heteroatoms. The van der Waals surface area contributed by atoms with Gasteiger partial charge in [0.2, 0.25) is 11.6 Å². The van der Waals surface area contributed by atoms with Crippen molar-refractivity contribution in [2.24, 2.45) is 5.11 Å². The van der Waals surface area contributed by atoms with Crippen molar-refractivity contribution in [2.75, 3.05) is 47.9 Å². The second-order valence-corrected chi connectivity index (χ2v) is 26.3. The smallest absolute Gasteiger partial charge is 0.393 e. The summed E-state index contributed by atoms with van der Waals surface area (Å²) in [5, 5.41) is 9.06. The Hall–Kier alpha value is -5.46. The zero-order valence-electron chi connectivity index (χ0n) is 43.0. The summed E-state index contributed by atoms with van der Waals surface area (Å²) in [6, 6.07) is 8.91. The van der Waals surface area contributed by atoms with Crippen LogP contribution in [0.3, 0.4) is 0 Å². The number of nitrogens with zero attached hydrogens (tertiary/aromatic N) is 7. The van der Waals surface area contributed by atoms with Gasteiger partial charge in [0.25, 0.3) is 20.2 Å². The third kappa shape index (κ3) is 15.9. The van der Waals surface area contributed by atoms with Crippen molar-refractivity contribution < 1.29 is 91.2 Å². The topological polar surface area (TPSA) is 461 Å². The van der Waals surface area contributed by atoms with Crippen molar-refractivity contribution in [3.05, 3.63) is 100 Å². The molecule has 3 aliphatic heterocycles. The van der Waals surface area contributed by atoms with E-state index in [0.29, 0.717) is 43.6 Å². The number of carbonyl (C=O) groups is 1. The summed E-state index contributed by atoms with van der Waals surface area (Å²) < 4.78 is 130. The number of amides is 1. The molecule has 1 aromatic heterocycles. The van der Waals surface area contributed by atoms with Gasteiger partial charge in [-0.3, -0.25) is 18.4 Å². The molecule has 6 rings (SSSR count). The predicted octanol–water partition coefficient (Wildman–Crippen LogP) is 5.59. The number of anilines is 4. The fraction of sp³-hybridized carbons (Fsp3) is 0.455. The largest absolute Gasteiger partial charge is 0.490 e. The quantitative estimate of drug-likeness (QED) is 0.00684. The van der Waals surface area contributed by atoms with Gasteiger partial charge in [-0.1, -0.05) is 37.2 Å². The maximum Gasteiger partial charge on any atom is 0.490 e. The lowest BCUT2D eigenvalue weighted by molar-refractivity contribution is -0.438. The normalized spacial score (nSPS) is 21.4. The van der Waals surface area contributed by atoms with Gasteiger partial charge in [0.05, 0.1) is 27.9 Å². The van der Waals surface area contributed by atoms with Crippen LogP contribution in [0, 0.1) is 0 Å². The predicted molar refractivity (Wildman–Crippen MR) is 285 cm³/mol. The van der Waals surface area contributed by atoms with Crippen LogP contribution in [0.25, 0.3) is 10.4 Å². The van der Waals surface area contributed by atoms with Gasteiger partial charge in [0.15, 0.2) is 23.6 Å². The number of likely N-dealkylation sites (N-methyl/N-ethyl adjacent to an activating group) is 1. The maximum absolute atomic E-state index is 13.1. The standard InChI is InChI=1S/C44H60N11O19P3S2/c1-6-54-31-18-16-27(78(64,65)66)21-29(31)43(2,3)35(54)13-9-7-10-14-36-44(4,5)30-22-28(79(67,68)69)17-19-32(30)55(36)20-12-8-11-15-37(56)48-24-39(52-53-47)71-33-23-38(51-42-40(45)41(46)49-26-50-42)72-34(33)25-70-76(60,61)74-77(62,63)73-75(57,58)59/h7,9-10,13-14,16-19,21-22,26,33-34,38-39H,6,8,11-12,15,20,23-25,45H2,1-5H3,(H9-,46,48,49,50,51,56,57,58,59,60,61,62,63,64,65,66,67,68,69)/p+1/t33?,34-,38-,39?/m1/s1. The Labute approximate surface area is 454 Å². The van der Waals surface area contributed by atoms with E-state index in [0.717, 1.165) is 29.0 Å². The van der Waals surface area contributed by atoms with Crippen LogP contribution in [0.15, 0.2) is 93.7 Å². The van der Waals surface area contributed by atoms with E-state index < -0.39 is 91.7 Å². The molecular weight excluding hydrogens is 1140 g/mol. The summed E-state index contributed by atoms with van der Waals surface area (Å²) in [5.74, 6) is -0.539. The molecule has 6 atom stereocenters. The van der Waals surface area contributed by atoms with Crippen LogP contribution in [0.5, 0.6) is 0 Å². The zero-order valence-corrected chi connectivity index (χ0v) is 47.4. The summed E-state index contributed by atoms with van der Waals surface area (Å²) in [6.45, 7) is 9.43. The summed E-state index contributed by atoms with van der Waals surface area (Å²) in [7, 11) is -26.1. The molecule has 12 N–H and O–H groups in total. The van der Waals surface area contributed by atoms with Crippen LogP contribution in [0.4, 0.5) is 28.7 Å². The van der Waals surface area contributed by atoms with Gasteiger partial charge >= 0.3 is 23.5 Å². The van der Waals surface area contributed by atoms with Crippen LogP contribution < -0.4 is 27.0 Å². The highest BCUT2D eigenvalue weighted by atomic mass is 32.2.